The first-order valence-corrected chi connectivity index (χ1v) is 4.15. The fourth-order valence-electron chi connectivity index (χ4n) is 1.10. The molecule has 8 heteroatoms. The van der Waals surface area contributed by atoms with Crippen molar-refractivity contribution < 1.29 is 46.5 Å². The smallest absolute Gasteiger partial charge is 0.415 e. The van der Waals surface area contributed by atoms with Gasteiger partial charge in [0.25, 0.3) is 6.33 Å². The van der Waals surface area contributed by atoms with Crippen molar-refractivity contribution in [3.05, 3.63) is 18.7 Å². The van der Waals surface area contributed by atoms with Crippen LogP contribution in [-0.4, -0.2) is 35.3 Å². The van der Waals surface area contributed by atoms with E-state index in [0.717, 1.165) is 11.6 Å². The summed E-state index contributed by atoms with van der Waals surface area (Å²) in [5, 5.41) is 0. The van der Waals surface area contributed by atoms with Crippen molar-refractivity contribution in [1.82, 2.24) is 9.47 Å². The van der Waals surface area contributed by atoms with Crippen molar-refractivity contribution >= 4 is 6.03 Å². The highest BCUT2D eigenvalue weighted by Gasteiger charge is 2.33. The number of carbonyl (C=O) groups is 1. The van der Waals surface area contributed by atoms with Gasteiger partial charge < -0.3 is 24.0 Å². The van der Waals surface area contributed by atoms with Gasteiger partial charge in [-0.1, -0.05) is 0 Å². The van der Waals surface area contributed by atoms with Crippen molar-refractivity contribution in [2.24, 2.45) is 7.05 Å². The van der Waals surface area contributed by atoms with Crippen LogP contribution in [0.3, 0.4) is 0 Å². The Morgan fingerprint density at radius 3 is 2.44 bits per heavy atom. The zero-order valence-electron chi connectivity index (χ0n) is 8.70. The molecule has 0 atom stereocenters. The largest absolute Gasteiger partial charge is 1.00 e. The molecule has 0 spiro atoms. The van der Waals surface area contributed by atoms with Crippen molar-refractivity contribution in [3.63, 3.8) is 0 Å². The van der Waals surface area contributed by atoms with E-state index in [-0.39, 0.29) is 24.0 Å². The average Bonchev–Trinajstić information content (AvgIpc) is 2.47. The molecular weight excluding hydrogens is 338 g/mol. The lowest BCUT2D eigenvalue weighted by Gasteiger charge is -2.15. The predicted molar refractivity (Wildman–Crippen MR) is 45.1 cm³/mol. The van der Waals surface area contributed by atoms with Crippen molar-refractivity contribution in [2.45, 2.75) is 6.18 Å². The second-order valence-electron chi connectivity index (χ2n) is 3.24. The molecule has 0 unspecified atom stereocenters. The molecule has 0 fully saturated rings. The van der Waals surface area contributed by atoms with Gasteiger partial charge in [0.05, 0.1) is 7.05 Å². The van der Waals surface area contributed by atoms with Gasteiger partial charge in [-0.15, -0.1) is 0 Å². The van der Waals surface area contributed by atoms with Gasteiger partial charge in [-0.2, -0.15) is 17.7 Å². The minimum atomic E-state index is -4.38. The van der Waals surface area contributed by atoms with Crippen LogP contribution < -0.4 is 28.5 Å². The van der Waals surface area contributed by atoms with Gasteiger partial charge >= 0.3 is 12.2 Å². The summed E-state index contributed by atoms with van der Waals surface area (Å²) in [5.74, 6) is 0. The first-order valence-electron chi connectivity index (χ1n) is 4.15. The van der Waals surface area contributed by atoms with Crippen molar-refractivity contribution in [1.29, 1.82) is 0 Å². The molecule has 0 aromatic carbocycles. The lowest BCUT2D eigenvalue weighted by Crippen LogP contribution is -3.00. The topological polar surface area (TPSA) is 29.1 Å². The second kappa shape index (κ2) is 5.51. The third-order valence-corrected chi connectivity index (χ3v) is 1.73. The van der Waals surface area contributed by atoms with E-state index in [1.54, 1.807) is 17.8 Å². The molecule has 0 radical (unpaired) electrons. The molecule has 4 nitrogen and oxygen atoms in total. The Balaban J connectivity index is 0.00000225. The van der Waals surface area contributed by atoms with Crippen LogP contribution in [0.4, 0.5) is 18.0 Å². The minimum absolute atomic E-state index is 0. The van der Waals surface area contributed by atoms with Crippen LogP contribution >= 0.6 is 0 Å². The Kier molecular flexibility index (Phi) is 5.23. The Morgan fingerprint density at radius 2 is 2.06 bits per heavy atom. The maximum atomic E-state index is 12.0. The molecule has 0 N–H and O–H groups in total. The molecule has 1 amide bonds. The van der Waals surface area contributed by atoms with Gasteiger partial charge in [-0.25, -0.2) is 9.36 Å². The molecule has 0 aliphatic carbocycles. The van der Waals surface area contributed by atoms with Crippen LogP contribution in [0.5, 0.6) is 0 Å². The lowest BCUT2D eigenvalue weighted by atomic mass is 10.5. The summed E-state index contributed by atoms with van der Waals surface area (Å²) in [5.41, 5.74) is 0. The third-order valence-electron chi connectivity index (χ3n) is 1.73. The fraction of sp³-hybridized carbons (Fsp3) is 0.500. The SMILES string of the molecule is CN(CC(F)(F)F)C(=O)n1cc[n+](C)c1.[I-]. The standard InChI is InChI=1S/C8H11F3N3O.HI/c1-12-3-4-14(6-12)7(15)13(2)5-8(9,10)11;/h3-4,6H,5H2,1-2H3;1H/q+1;/p-1. The quantitative estimate of drug-likeness (QED) is 0.417. The van der Waals surface area contributed by atoms with Crippen LogP contribution in [0.1, 0.15) is 0 Å². The highest BCUT2D eigenvalue weighted by Crippen LogP contribution is 2.15. The van der Waals surface area contributed by atoms with E-state index < -0.39 is 18.8 Å². The number of hydrogen-bond donors (Lipinski definition) is 0. The molecule has 0 aliphatic rings. The number of carbonyl (C=O) groups excluding carboxylic acids is 1. The van der Waals surface area contributed by atoms with Crippen LogP contribution in [0.2, 0.25) is 0 Å². The first-order chi connectivity index (χ1) is 6.79. The summed E-state index contributed by atoms with van der Waals surface area (Å²) in [6.07, 6.45) is -0.0104. The van der Waals surface area contributed by atoms with Gasteiger partial charge in [0, 0.05) is 7.05 Å². The first kappa shape index (κ1) is 15.2. The number of amides is 1. The van der Waals surface area contributed by atoms with Crippen LogP contribution in [-0.2, 0) is 7.05 Å². The van der Waals surface area contributed by atoms with Crippen LogP contribution in [0.25, 0.3) is 0 Å². The zero-order valence-corrected chi connectivity index (χ0v) is 10.9. The third kappa shape index (κ3) is 4.37. The van der Waals surface area contributed by atoms with Crippen LogP contribution in [0, 0.1) is 0 Å². The van der Waals surface area contributed by atoms with Gasteiger partial charge in [-0.05, 0) is 0 Å². The lowest BCUT2D eigenvalue weighted by molar-refractivity contribution is -0.670. The monoisotopic (exact) mass is 349 g/mol. The average molecular weight is 349 g/mol. The molecule has 0 bridgehead atoms. The summed E-state index contributed by atoms with van der Waals surface area (Å²) in [4.78, 5) is 12.0. The van der Waals surface area contributed by atoms with E-state index in [1.807, 2.05) is 0 Å². The summed E-state index contributed by atoms with van der Waals surface area (Å²) in [6, 6.07) is -0.715. The van der Waals surface area contributed by atoms with E-state index in [9.17, 15) is 18.0 Å². The number of hydrogen-bond acceptors (Lipinski definition) is 1. The number of halogens is 4. The van der Waals surface area contributed by atoms with Crippen LogP contribution in [0.15, 0.2) is 18.7 Å². The fourth-order valence-corrected chi connectivity index (χ4v) is 1.10. The molecule has 92 valence electrons. The Morgan fingerprint density at radius 1 is 1.50 bits per heavy atom. The molecule has 1 aromatic rings. The van der Waals surface area contributed by atoms with Gasteiger partial charge in [0.15, 0.2) is 0 Å². The molecule has 16 heavy (non-hydrogen) atoms. The number of nitrogens with zero attached hydrogens (tertiary/aromatic N) is 3. The van der Waals surface area contributed by atoms with E-state index in [2.05, 4.69) is 0 Å². The van der Waals surface area contributed by atoms with E-state index in [0.29, 0.717) is 4.90 Å². The van der Waals surface area contributed by atoms with Gasteiger partial charge in [-0.3, -0.25) is 4.90 Å². The van der Waals surface area contributed by atoms with Crippen molar-refractivity contribution in [3.8, 4) is 0 Å². The summed E-state index contributed by atoms with van der Waals surface area (Å²) in [6.45, 7) is -1.26. The zero-order chi connectivity index (χ0) is 11.6. The highest BCUT2D eigenvalue weighted by atomic mass is 127. The molecular formula is C8H11F3IN3O. The maximum absolute atomic E-state index is 12.0. The molecule has 0 saturated carbocycles. The number of imidazole rings is 1. The van der Waals surface area contributed by atoms with E-state index in [1.165, 1.54) is 12.5 Å². The minimum Gasteiger partial charge on any atom is -1.00 e. The van der Waals surface area contributed by atoms with Gasteiger partial charge in [0.1, 0.15) is 18.9 Å². The second-order valence-corrected chi connectivity index (χ2v) is 3.24. The van der Waals surface area contributed by atoms with E-state index in [4.69, 9.17) is 0 Å². The number of alkyl halides is 3. The Bertz CT molecular complexity index is 364. The van der Waals surface area contributed by atoms with Gasteiger partial charge in [0.2, 0.25) is 0 Å². The molecule has 0 saturated heterocycles. The number of rotatable bonds is 1. The highest BCUT2D eigenvalue weighted by molar-refractivity contribution is 5.76. The van der Waals surface area contributed by atoms with Crippen molar-refractivity contribution in [2.75, 3.05) is 13.6 Å². The molecule has 1 heterocycles. The molecule has 1 rings (SSSR count). The predicted octanol–water partition coefficient (Wildman–Crippen LogP) is -2.22. The molecule has 0 aliphatic heterocycles. The maximum Gasteiger partial charge on any atom is 0.415 e. The summed E-state index contributed by atoms with van der Waals surface area (Å²) in [7, 11) is 2.78. The number of aromatic nitrogens is 2. The Hall–Kier alpha value is -0.800. The number of aryl methyl sites for hydroxylation is 1. The summed E-state index contributed by atoms with van der Waals surface area (Å²) >= 11 is 0. The molecule has 1 aromatic heterocycles. The Labute approximate surface area is 108 Å². The van der Waals surface area contributed by atoms with E-state index >= 15 is 0 Å². The summed E-state index contributed by atoms with van der Waals surface area (Å²) < 4.78 is 38.6. The normalized spacial score (nSPS) is 10.8.